The lowest BCUT2D eigenvalue weighted by atomic mass is 10.0. The van der Waals surface area contributed by atoms with Crippen LogP contribution in [0.15, 0.2) is 0 Å². The third-order valence-electron chi connectivity index (χ3n) is 2.10. The van der Waals surface area contributed by atoms with E-state index >= 15 is 0 Å². The normalized spacial score (nSPS) is 11.9. The molecule has 0 rings (SSSR count). The fourth-order valence-corrected chi connectivity index (χ4v) is 1.21. The molecule has 2 N–H and O–H groups in total. The van der Waals surface area contributed by atoms with Gasteiger partial charge in [-0.25, -0.2) is 0 Å². The summed E-state index contributed by atoms with van der Waals surface area (Å²) in [6.07, 6.45) is 7.22. The maximum Gasteiger partial charge on any atom is 0.0174 e. The first-order chi connectivity index (χ1) is 6.31. The molecule has 0 amide bonds. The zero-order valence-electron chi connectivity index (χ0n) is 9.10. The quantitative estimate of drug-likeness (QED) is 0.495. The highest BCUT2D eigenvalue weighted by molar-refractivity contribution is 5.02. The molecule has 0 bridgehead atoms. The van der Waals surface area contributed by atoms with Crippen LogP contribution in [-0.2, 0) is 0 Å². The third-order valence-corrected chi connectivity index (χ3v) is 2.10. The first kappa shape index (κ1) is 12.5. The molecular weight excluding hydrogens is 158 g/mol. The van der Waals surface area contributed by atoms with Crippen LogP contribution in [0, 0.1) is 17.8 Å². The van der Waals surface area contributed by atoms with E-state index in [1.165, 1.54) is 25.7 Å². The van der Waals surface area contributed by atoms with E-state index < -0.39 is 0 Å². The van der Waals surface area contributed by atoms with Gasteiger partial charge < -0.3 is 5.73 Å². The second-order valence-electron chi connectivity index (χ2n) is 3.61. The van der Waals surface area contributed by atoms with Gasteiger partial charge >= 0.3 is 0 Å². The Kier molecular flexibility index (Phi) is 9.25. The molecule has 0 fully saturated rings. The minimum absolute atomic E-state index is 0.573. The smallest absolute Gasteiger partial charge is 0.0174 e. The van der Waals surface area contributed by atoms with Gasteiger partial charge in [-0.15, -0.1) is 11.8 Å². The van der Waals surface area contributed by atoms with Gasteiger partial charge in [-0.1, -0.05) is 33.1 Å². The first-order valence-electron chi connectivity index (χ1n) is 5.49. The van der Waals surface area contributed by atoms with Crippen molar-refractivity contribution >= 4 is 0 Å². The topological polar surface area (TPSA) is 26.0 Å². The minimum Gasteiger partial charge on any atom is -0.330 e. The largest absolute Gasteiger partial charge is 0.330 e. The average molecular weight is 181 g/mol. The molecule has 0 spiro atoms. The van der Waals surface area contributed by atoms with Gasteiger partial charge in [0.05, 0.1) is 0 Å². The van der Waals surface area contributed by atoms with E-state index in [1.807, 2.05) is 0 Å². The second kappa shape index (κ2) is 9.61. The summed E-state index contributed by atoms with van der Waals surface area (Å²) >= 11 is 0. The molecule has 0 aromatic carbocycles. The molecule has 1 heteroatoms. The van der Waals surface area contributed by atoms with Crippen LogP contribution < -0.4 is 5.73 Å². The van der Waals surface area contributed by atoms with Crippen molar-refractivity contribution < 1.29 is 0 Å². The van der Waals surface area contributed by atoms with Gasteiger partial charge in [0.1, 0.15) is 0 Å². The van der Waals surface area contributed by atoms with Crippen molar-refractivity contribution in [3.8, 4) is 11.8 Å². The van der Waals surface area contributed by atoms with Crippen molar-refractivity contribution in [2.24, 2.45) is 11.7 Å². The van der Waals surface area contributed by atoms with Crippen molar-refractivity contribution in [2.75, 3.05) is 6.54 Å². The van der Waals surface area contributed by atoms with Crippen molar-refractivity contribution in [2.45, 2.75) is 52.4 Å². The molecular formula is C12H23N. The fourth-order valence-electron chi connectivity index (χ4n) is 1.21. The number of rotatable bonds is 6. The van der Waals surface area contributed by atoms with E-state index in [-0.39, 0.29) is 0 Å². The zero-order chi connectivity index (χ0) is 9.94. The standard InChI is InChI=1S/C12H23N/c1-3-4-6-9-12(2)10-7-5-8-11-13/h12H,3-6,8-9,11,13H2,1-2H3. The molecule has 1 unspecified atom stereocenters. The van der Waals surface area contributed by atoms with Crippen LogP contribution in [-0.4, -0.2) is 6.54 Å². The monoisotopic (exact) mass is 181 g/mol. The predicted molar refractivity (Wildman–Crippen MR) is 59.4 cm³/mol. The Bertz CT molecular complexity index is 152. The van der Waals surface area contributed by atoms with E-state index in [2.05, 4.69) is 25.7 Å². The first-order valence-corrected chi connectivity index (χ1v) is 5.49. The van der Waals surface area contributed by atoms with Crippen LogP contribution in [0.1, 0.15) is 52.4 Å². The van der Waals surface area contributed by atoms with Gasteiger partial charge in [0.2, 0.25) is 0 Å². The van der Waals surface area contributed by atoms with Crippen LogP contribution in [0.2, 0.25) is 0 Å². The number of hydrogen-bond acceptors (Lipinski definition) is 1. The maximum atomic E-state index is 5.38. The fraction of sp³-hybridized carbons (Fsp3) is 0.833. The summed E-state index contributed by atoms with van der Waals surface area (Å²) in [5.41, 5.74) is 5.38. The summed E-state index contributed by atoms with van der Waals surface area (Å²) in [7, 11) is 0. The van der Waals surface area contributed by atoms with E-state index in [0.717, 1.165) is 19.4 Å². The van der Waals surface area contributed by atoms with E-state index in [4.69, 9.17) is 5.73 Å². The van der Waals surface area contributed by atoms with Gasteiger partial charge in [0.15, 0.2) is 0 Å². The van der Waals surface area contributed by atoms with Gasteiger partial charge in [-0.3, -0.25) is 0 Å². The summed E-state index contributed by atoms with van der Waals surface area (Å²) in [4.78, 5) is 0. The number of unbranched alkanes of at least 4 members (excludes halogenated alkanes) is 3. The Morgan fingerprint density at radius 1 is 1.23 bits per heavy atom. The molecule has 0 aliphatic carbocycles. The molecule has 0 aromatic heterocycles. The molecule has 0 saturated carbocycles. The Hall–Kier alpha value is -0.480. The lowest BCUT2D eigenvalue weighted by Crippen LogP contribution is -1.97. The van der Waals surface area contributed by atoms with Gasteiger partial charge in [0.25, 0.3) is 0 Å². The summed E-state index contributed by atoms with van der Waals surface area (Å²) in [6, 6.07) is 0. The molecule has 0 heterocycles. The maximum absolute atomic E-state index is 5.38. The van der Waals surface area contributed by atoms with Crippen LogP contribution in [0.3, 0.4) is 0 Å². The Morgan fingerprint density at radius 2 is 2.00 bits per heavy atom. The molecule has 0 radical (unpaired) electrons. The molecule has 0 saturated heterocycles. The average Bonchev–Trinajstić information content (AvgIpc) is 2.13. The molecule has 0 aliphatic heterocycles. The van der Waals surface area contributed by atoms with Crippen molar-refractivity contribution in [1.29, 1.82) is 0 Å². The number of nitrogens with two attached hydrogens (primary N) is 1. The van der Waals surface area contributed by atoms with Gasteiger partial charge in [-0.2, -0.15) is 0 Å². The lowest BCUT2D eigenvalue weighted by Gasteiger charge is -2.01. The molecule has 0 aliphatic rings. The highest BCUT2D eigenvalue weighted by atomic mass is 14.5. The van der Waals surface area contributed by atoms with Crippen molar-refractivity contribution in [3.63, 3.8) is 0 Å². The lowest BCUT2D eigenvalue weighted by molar-refractivity contribution is 0.588. The number of hydrogen-bond donors (Lipinski definition) is 1. The Labute approximate surface area is 83.1 Å². The van der Waals surface area contributed by atoms with Crippen LogP contribution >= 0.6 is 0 Å². The molecule has 13 heavy (non-hydrogen) atoms. The molecule has 1 nitrogen and oxygen atoms in total. The summed E-state index contributed by atoms with van der Waals surface area (Å²) in [6.45, 7) is 5.21. The van der Waals surface area contributed by atoms with Crippen molar-refractivity contribution in [1.82, 2.24) is 0 Å². The molecule has 0 aromatic rings. The van der Waals surface area contributed by atoms with E-state index in [9.17, 15) is 0 Å². The molecule has 1 atom stereocenters. The minimum atomic E-state index is 0.573. The third kappa shape index (κ3) is 9.43. The van der Waals surface area contributed by atoms with E-state index in [1.54, 1.807) is 0 Å². The highest BCUT2D eigenvalue weighted by Crippen LogP contribution is 2.07. The summed E-state index contributed by atoms with van der Waals surface area (Å²) in [5, 5.41) is 0. The van der Waals surface area contributed by atoms with Crippen LogP contribution in [0.5, 0.6) is 0 Å². The SMILES string of the molecule is CCCCCC(C)C#CCCCN. The Morgan fingerprint density at radius 3 is 2.62 bits per heavy atom. The highest BCUT2D eigenvalue weighted by Gasteiger charge is 1.95. The zero-order valence-corrected chi connectivity index (χ0v) is 9.10. The predicted octanol–water partition coefficient (Wildman–Crippen LogP) is 2.95. The van der Waals surface area contributed by atoms with E-state index in [0.29, 0.717) is 5.92 Å². The van der Waals surface area contributed by atoms with Gasteiger partial charge in [-0.05, 0) is 19.4 Å². The Balaban J connectivity index is 3.35. The van der Waals surface area contributed by atoms with Crippen LogP contribution in [0.4, 0.5) is 0 Å². The summed E-state index contributed by atoms with van der Waals surface area (Å²) < 4.78 is 0. The van der Waals surface area contributed by atoms with Crippen molar-refractivity contribution in [3.05, 3.63) is 0 Å². The van der Waals surface area contributed by atoms with Gasteiger partial charge in [0, 0.05) is 12.3 Å². The molecule has 76 valence electrons. The summed E-state index contributed by atoms with van der Waals surface area (Å²) in [5.74, 6) is 7.03. The van der Waals surface area contributed by atoms with Crippen LogP contribution in [0.25, 0.3) is 0 Å². The second-order valence-corrected chi connectivity index (χ2v) is 3.61.